The number of hydrogen-bond donors (Lipinski definition) is 1. The van der Waals surface area contributed by atoms with Gasteiger partial charge in [0.1, 0.15) is 11.7 Å². The number of rotatable bonds is 5. The Kier molecular flexibility index (Phi) is 7.62. The molecule has 2 aromatic rings. The summed E-state index contributed by atoms with van der Waals surface area (Å²) >= 11 is 14.0. The molecular formula is C25H21Cl2N3O3S. The third-order valence-corrected chi connectivity index (χ3v) is 7.63. The molecule has 1 aliphatic heterocycles. The van der Waals surface area contributed by atoms with Crippen LogP contribution in [0.4, 0.5) is 5.69 Å². The topological polar surface area (TPSA) is 91.5 Å². The first-order valence-electron chi connectivity index (χ1n) is 10.7. The van der Waals surface area contributed by atoms with Gasteiger partial charge in [-0.1, -0.05) is 53.2 Å². The summed E-state index contributed by atoms with van der Waals surface area (Å²) in [7, 11) is 1.56. The van der Waals surface area contributed by atoms with E-state index < -0.39 is 11.8 Å². The van der Waals surface area contributed by atoms with Crippen molar-refractivity contribution in [3.63, 3.8) is 0 Å². The second-order valence-electron chi connectivity index (χ2n) is 7.88. The Morgan fingerprint density at radius 3 is 2.82 bits per heavy atom. The van der Waals surface area contributed by atoms with Crippen LogP contribution in [0, 0.1) is 17.2 Å². The van der Waals surface area contributed by atoms with Crippen molar-refractivity contribution in [2.75, 3.05) is 18.2 Å². The van der Waals surface area contributed by atoms with Crippen LogP contribution in [-0.2, 0) is 9.59 Å². The summed E-state index contributed by atoms with van der Waals surface area (Å²) in [6.07, 6.45) is 1.74. The van der Waals surface area contributed by atoms with Gasteiger partial charge in [0.15, 0.2) is 5.78 Å². The fourth-order valence-electron chi connectivity index (χ4n) is 4.21. The van der Waals surface area contributed by atoms with E-state index in [-0.39, 0.29) is 17.4 Å². The maximum absolute atomic E-state index is 12.9. The molecule has 1 unspecified atom stereocenters. The lowest BCUT2D eigenvalue weighted by molar-refractivity contribution is -0.116. The minimum absolute atomic E-state index is 0.0221. The van der Waals surface area contributed by atoms with E-state index in [4.69, 9.17) is 27.9 Å². The van der Waals surface area contributed by atoms with Crippen LogP contribution in [0.5, 0.6) is 5.75 Å². The van der Waals surface area contributed by atoms with Gasteiger partial charge >= 0.3 is 0 Å². The van der Waals surface area contributed by atoms with E-state index in [1.165, 1.54) is 11.8 Å². The summed E-state index contributed by atoms with van der Waals surface area (Å²) in [5.74, 6) is -0.914. The number of anilines is 1. The highest BCUT2D eigenvalue weighted by Gasteiger charge is 2.41. The number of thioether (sulfide) groups is 1. The lowest BCUT2D eigenvalue weighted by Crippen LogP contribution is -2.31. The number of aliphatic imine (C=N–C) groups is 1. The first-order chi connectivity index (χ1) is 16.4. The summed E-state index contributed by atoms with van der Waals surface area (Å²) in [5, 5.41) is 14.1. The van der Waals surface area contributed by atoms with E-state index in [2.05, 4.69) is 16.4 Å². The molecule has 34 heavy (non-hydrogen) atoms. The average Bonchev–Trinajstić information content (AvgIpc) is 2.84. The van der Waals surface area contributed by atoms with Crippen molar-refractivity contribution in [3.05, 3.63) is 69.3 Å². The number of Topliss-reactive ketones (excluding diaryl/α,β-unsaturated/α-hetero) is 1. The van der Waals surface area contributed by atoms with Gasteiger partial charge in [-0.05, 0) is 36.6 Å². The number of ketones is 1. The van der Waals surface area contributed by atoms with E-state index in [0.29, 0.717) is 62.6 Å². The second-order valence-corrected chi connectivity index (χ2v) is 9.66. The number of amides is 1. The number of nitriles is 1. The molecule has 2 aliphatic rings. The second kappa shape index (κ2) is 10.6. The maximum atomic E-state index is 12.9. The monoisotopic (exact) mass is 513 g/mol. The van der Waals surface area contributed by atoms with Crippen LogP contribution in [0.15, 0.2) is 58.7 Å². The van der Waals surface area contributed by atoms with Crippen LogP contribution < -0.4 is 10.1 Å². The molecule has 0 spiro atoms. The van der Waals surface area contributed by atoms with Gasteiger partial charge in [-0.25, -0.2) is 4.99 Å². The number of ether oxygens (including phenoxy) is 1. The molecule has 4 rings (SSSR count). The number of benzene rings is 2. The average molecular weight is 514 g/mol. The Labute approximate surface area is 212 Å². The van der Waals surface area contributed by atoms with Gasteiger partial charge < -0.3 is 10.1 Å². The van der Waals surface area contributed by atoms with Gasteiger partial charge in [0.05, 0.1) is 34.0 Å². The minimum Gasteiger partial charge on any atom is -0.497 e. The highest BCUT2D eigenvalue weighted by Crippen LogP contribution is 2.47. The Morgan fingerprint density at radius 2 is 2.06 bits per heavy atom. The molecular weight excluding hydrogens is 493 g/mol. The molecule has 1 aliphatic carbocycles. The molecule has 0 bridgehead atoms. The van der Waals surface area contributed by atoms with Crippen molar-refractivity contribution in [1.29, 1.82) is 5.26 Å². The normalized spacial score (nSPS) is 19.7. The number of allylic oxidation sites excluding steroid dienone is 2. The SMILES string of the molecule is COc1cccc(NC(=O)CSC2=NC3=C(C(=O)CCC3)[C@@H](c3cccc(Cl)c3Cl)C2C#N)c1. The van der Waals surface area contributed by atoms with Crippen LogP contribution in [0.3, 0.4) is 0 Å². The van der Waals surface area contributed by atoms with Crippen molar-refractivity contribution >= 4 is 57.4 Å². The smallest absolute Gasteiger partial charge is 0.234 e. The number of nitrogens with zero attached hydrogens (tertiary/aromatic N) is 2. The summed E-state index contributed by atoms with van der Waals surface area (Å²) < 4.78 is 5.19. The van der Waals surface area contributed by atoms with Crippen LogP contribution >= 0.6 is 35.0 Å². The number of carbonyl (C=O) groups is 2. The number of hydrogen-bond acceptors (Lipinski definition) is 6. The van der Waals surface area contributed by atoms with E-state index in [0.717, 1.165) is 0 Å². The third kappa shape index (κ3) is 5.00. The predicted octanol–water partition coefficient (Wildman–Crippen LogP) is 6.02. The number of nitrogens with one attached hydrogen (secondary N) is 1. The van der Waals surface area contributed by atoms with Crippen LogP contribution in [-0.4, -0.2) is 29.6 Å². The standard InChI is InChI=1S/C25H21Cl2N3O3S/c1-33-15-6-2-5-14(11-15)29-21(32)13-34-25-17(12-28)22(16-7-3-8-18(26)24(16)27)23-19(30-25)9-4-10-20(23)31/h2-3,5-8,11,17,22H,4,9-10,13H2,1H3,(H,29,32)/t17?,22-/m0/s1. The Bertz CT molecular complexity index is 1250. The van der Waals surface area contributed by atoms with Crippen LogP contribution in [0.25, 0.3) is 0 Å². The molecule has 0 aromatic heterocycles. The number of carbonyl (C=O) groups excluding carboxylic acids is 2. The zero-order chi connectivity index (χ0) is 24.2. The molecule has 0 radical (unpaired) electrons. The summed E-state index contributed by atoms with van der Waals surface area (Å²) in [6.45, 7) is 0. The van der Waals surface area contributed by atoms with E-state index in [1.54, 1.807) is 49.6 Å². The quantitative estimate of drug-likeness (QED) is 0.527. The first kappa shape index (κ1) is 24.3. The fraction of sp³-hybridized carbons (Fsp3) is 0.280. The molecule has 0 fully saturated rings. The van der Waals surface area contributed by atoms with Crippen LogP contribution in [0.1, 0.15) is 30.7 Å². The van der Waals surface area contributed by atoms with Crippen molar-refractivity contribution in [2.24, 2.45) is 10.9 Å². The predicted molar refractivity (Wildman–Crippen MR) is 136 cm³/mol. The molecule has 1 N–H and O–H groups in total. The molecule has 6 nitrogen and oxygen atoms in total. The Balaban J connectivity index is 1.62. The van der Waals surface area contributed by atoms with Crippen molar-refractivity contribution < 1.29 is 14.3 Å². The largest absolute Gasteiger partial charge is 0.497 e. The van der Waals surface area contributed by atoms with Gasteiger partial charge in [0, 0.05) is 35.4 Å². The highest BCUT2D eigenvalue weighted by atomic mass is 35.5. The van der Waals surface area contributed by atoms with Gasteiger partial charge in [-0.3, -0.25) is 9.59 Å². The van der Waals surface area contributed by atoms with Gasteiger partial charge in [0.2, 0.25) is 5.91 Å². The van der Waals surface area contributed by atoms with Gasteiger partial charge in [-0.2, -0.15) is 5.26 Å². The molecule has 1 heterocycles. The summed E-state index contributed by atoms with van der Waals surface area (Å²) in [4.78, 5) is 30.2. The zero-order valence-electron chi connectivity index (χ0n) is 18.3. The Hall–Kier alpha value is -2.79. The molecule has 0 saturated heterocycles. The Morgan fingerprint density at radius 1 is 1.26 bits per heavy atom. The molecule has 2 aromatic carbocycles. The molecule has 0 saturated carbocycles. The summed E-state index contributed by atoms with van der Waals surface area (Å²) in [5.41, 5.74) is 2.43. The third-order valence-electron chi connectivity index (χ3n) is 5.74. The first-order valence-corrected chi connectivity index (χ1v) is 12.4. The molecule has 174 valence electrons. The van der Waals surface area contributed by atoms with E-state index in [1.807, 2.05) is 0 Å². The minimum atomic E-state index is -0.758. The molecule has 2 atom stereocenters. The van der Waals surface area contributed by atoms with Gasteiger partial charge in [0.25, 0.3) is 0 Å². The lowest BCUT2D eigenvalue weighted by Gasteiger charge is -2.33. The maximum Gasteiger partial charge on any atom is 0.234 e. The van der Waals surface area contributed by atoms with E-state index >= 15 is 0 Å². The number of halogens is 2. The molecule has 9 heteroatoms. The number of methoxy groups -OCH3 is 1. The van der Waals surface area contributed by atoms with Crippen molar-refractivity contribution in [1.82, 2.24) is 0 Å². The molecule has 1 amide bonds. The zero-order valence-corrected chi connectivity index (χ0v) is 20.6. The van der Waals surface area contributed by atoms with Gasteiger partial charge in [-0.15, -0.1) is 0 Å². The fourth-order valence-corrected chi connectivity index (χ4v) is 5.53. The lowest BCUT2D eigenvalue weighted by atomic mass is 9.74. The van der Waals surface area contributed by atoms with Crippen molar-refractivity contribution in [3.8, 4) is 11.8 Å². The van der Waals surface area contributed by atoms with Crippen molar-refractivity contribution in [2.45, 2.75) is 25.2 Å². The highest BCUT2D eigenvalue weighted by molar-refractivity contribution is 8.14. The van der Waals surface area contributed by atoms with E-state index in [9.17, 15) is 14.9 Å². The summed E-state index contributed by atoms with van der Waals surface area (Å²) in [6, 6.07) is 14.6. The van der Waals surface area contributed by atoms with Crippen LogP contribution in [0.2, 0.25) is 10.0 Å².